The molecule has 4 heteroatoms. The molecule has 1 aliphatic rings. The van der Waals surface area contributed by atoms with E-state index in [4.69, 9.17) is 0 Å². The highest BCUT2D eigenvalue weighted by Gasteiger charge is 2.26. The molecule has 4 rings (SSSR count). The summed E-state index contributed by atoms with van der Waals surface area (Å²) in [5.74, 6) is 0.583. The Labute approximate surface area is 164 Å². The molecule has 0 aliphatic carbocycles. The molecule has 1 saturated heterocycles. The number of amides is 2. The smallest absolute Gasteiger partial charge is 0.318 e. The predicted molar refractivity (Wildman–Crippen MR) is 111 cm³/mol. The summed E-state index contributed by atoms with van der Waals surface area (Å²) in [6.07, 6.45) is 2.07. The maximum Gasteiger partial charge on any atom is 0.318 e. The van der Waals surface area contributed by atoms with E-state index in [2.05, 4.69) is 46.4 Å². The fraction of sp³-hybridized carbons (Fsp3) is 0.261. The van der Waals surface area contributed by atoms with Crippen molar-refractivity contribution < 1.29 is 4.79 Å². The molecule has 0 bridgehead atoms. The fourth-order valence-corrected chi connectivity index (χ4v) is 4.53. The van der Waals surface area contributed by atoms with Crippen molar-refractivity contribution in [2.45, 2.75) is 24.8 Å². The number of carbonyl (C=O) groups is 1. The lowest BCUT2D eigenvalue weighted by Gasteiger charge is -2.33. The first-order valence-electron chi connectivity index (χ1n) is 9.48. The van der Waals surface area contributed by atoms with Crippen molar-refractivity contribution >= 4 is 17.4 Å². The van der Waals surface area contributed by atoms with Crippen molar-refractivity contribution in [2.24, 2.45) is 0 Å². The van der Waals surface area contributed by atoms with E-state index in [9.17, 15) is 4.79 Å². The van der Waals surface area contributed by atoms with Crippen molar-refractivity contribution in [3.8, 4) is 0 Å². The molecule has 0 saturated carbocycles. The minimum atomic E-state index is -0.130. The SMILES string of the molecule is O=C(NC(c1ccccc1)c1ccccc1)N1CCC(c2ccsc2)CC1. The number of likely N-dealkylation sites (tertiary alicyclic amines) is 1. The number of piperidine rings is 1. The van der Waals surface area contributed by atoms with E-state index in [1.165, 1.54) is 5.56 Å². The Kier molecular flexibility index (Phi) is 5.54. The standard InChI is InChI=1S/C23H24N2OS/c26-23(25-14-11-18(12-15-25)21-13-16-27-17-21)24-22(19-7-3-1-4-8-19)20-9-5-2-6-10-20/h1-10,13,16-18,22H,11-12,14-15H2,(H,24,26). The van der Waals surface area contributed by atoms with Gasteiger partial charge in [-0.25, -0.2) is 4.79 Å². The van der Waals surface area contributed by atoms with Gasteiger partial charge in [0.25, 0.3) is 0 Å². The zero-order valence-corrected chi connectivity index (χ0v) is 16.1. The minimum Gasteiger partial charge on any atom is -0.327 e. The number of hydrogen-bond donors (Lipinski definition) is 1. The van der Waals surface area contributed by atoms with Gasteiger partial charge in [-0.15, -0.1) is 0 Å². The molecule has 138 valence electrons. The van der Waals surface area contributed by atoms with Crippen LogP contribution in [0.3, 0.4) is 0 Å². The summed E-state index contributed by atoms with van der Waals surface area (Å²) in [6.45, 7) is 1.62. The third-order valence-corrected chi connectivity index (χ3v) is 6.03. The molecule has 1 fully saturated rings. The lowest BCUT2D eigenvalue weighted by atomic mass is 9.91. The zero-order chi connectivity index (χ0) is 18.5. The van der Waals surface area contributed by atoms with Crippen LogP contribution in [0.5, 0.6) is 0 Å². The molecule has 1 N–H and O–H groups in total. The van der Waals surface area contributed by atoms with Gasteiger partial charge in [0.1, 0.15) is 0 Å². The van der Waals surface area contributed by atoms with E-state index in [0.717, 1.165) is 37.1 Å². The van der Waals surface area contributed by atoms with Crippen molar-refractivity contribution in [1.82, 2.24) is 10.2 Å². The summed E-state index contributed by atoms with van der Waals surface area (Å²) >= 11 is 1.75. The van der Waals surface area contributed by atoms with Crippen LogP contribution >= 0.6 is 11.3 Å². The monoisotopic (exact) mass is 376 g/mol. The average molecular weight is 377 g/mol. The highest BCUT2D eigenvalue weighted by Crippen LogP contribution is 2.30. The molecule has 2 heterocycles. The molecule has 3 aromatic rings. The van der Waals surface area contributed by atoms with Gasteiger partial charge in [0.05, 0.1) is 6.04 Å². The van der Waals surface area contributed by atoms with Crippen molar-refractivity contribution in [2.75, 3.05) is 13.1 Å². The molecule has 1 aromatic heterocycles. The van der Waals surface area contributed by atoms with Gasteiger partial charge in [-0.3, -0.25) is 0 Å². The summed E-state index contributed by atoms with van der Waals surface area (Å²) < 4.78 is 0. The molecule has 0 spiro atoms. The first kappa shape index (κ1) is 17.8. The predicted octanol–water partition coefficient (Wildman–Crippen LogP) is 5.43. The van der Waals surface area contributed by atoms with E-state index in [1.54, 1.807) is 11.3 Å². The van der Waals surface area contributed by atoms with E-state index in [0.29, 0.717) is 5.92 Å². The second-order valence-corrected chi connectivity index (χ2v) is 7.80. The van der Waals surface area contributed by atoms with Crippen LogP contribution in [-0.4, -0.2) is 24.0 Å². The summed E-state index contributed by atoms with van der Waals surface area (Å²) in [6, 6.07) is 22.5. The Morgan fingerprint density at radius 1 is 0.926 bits per heavy atom. The number of nitrogens with one attached hydrogen (secondary N) is 1. The largest absolute Gasteiger partial charge is 0.327 e. The summed E-state index contributed by atoms with van der Waals surface area (Å²) in [5, 5.41) is 7.63. The van der Waals surface area contributed by atoms with E-state index in [1.807, 2.05) is 41.3 Å². The first-order valence-corrected chi connectivity index (χ1v) is 10.4. The number of hydrogen-bond acceptors (Lipinski definition) is 2. The van der Waals surface area contributed by atoms with Crippen LogP contribution < -0.4 is 5.32 Å². The first-order chi connectivity index (χ1) is 13.3. The Morgan fingerprint density at radius 2 is 1.52 bits per heavy atom. The van der Waals surface area contributed by atoms with Crippen LogP contribution in [0.15, 0.2) is 77.5 Å². The van der Waals surface area contributed by atoms with Gasteiger partial charge in [-0.1, -0.05) is 60.7 Å². The fourth-order valence-electron chi connectivity index (χ4n) is 3.79. The molecular formula is C23H24N2OS. The van der Waals surface area contributed by atoms with Gasteiger partial charge < -0.3 is 10.2 Å². The third kappa shape index (κ3) is 4.22. The Bertz CT molecular complexity index is 801. The number of urea groups is 1. The maximum absolute atomic E-state index is 13.0. The molecule has 27 heavy (non-hydrogen) atoms. The number of thiophene rings is 1. The second kappa shape index (κ2) is 8.40. The zero-order valence-electron chi connectivity index (χ0n) is 15.3. The van der Waals surface area contributed by atoms with Gasteiger partial charge in [-0.2, -0.15) is 11.3 Å². The molecule has 0 atom stereocenters. The van der Waals surface area contributed by atoms with Crippen LogP contribution in [0.4, 0.5) is 4.79 Å². The molecule has 2 amide bonds. The van der Waals surface area contributed by atoms with Crippen molar-refractivity contribution in [3.63, 3.8) is 0 Å². The van der Waals surface area contributed by atoms with Crippen LogP contribution in [0.1, 0.15) is 41.5 Å². The Morgan fingerprint density at radius 3 is 2.04 bits per heavy atom. The Balaban J connectivity index is 1.45. The van der Waals surface area contributed by atoms with Crippen molar-refractivity contribution in [1.29, 1.82) is 0 Å². The number of rotatable bonds is 4. The lowest BCUT2D eigenvalue weighted by molar-refractivity contribution is 0.179. The van der Waals surface area contributed by atoms with E-state index >= 15 is 0 Å². The minimum absolute atomic E-state index is 0.0245. The average Bonchev–Trinajstić information content (AvgIpc) is 3.28. The Hall–Kier alpha value is -2.59. The van der Waals surface area contributed by atoms with Gasteiger partial charge >= 0.3 is 6.03 Å². The highest BCUT2D eigenvalue weighted by atomic mass is 32.1. The van der Waals surface area contributed by atoms with Crippen LogP contribution in [0.2, 0.25) is 0 Å². The van der Waals surface area contributed by atoms with Gasteiger partial charge in [0.2, 0.25) is 0 Å². The maximum atomic E-state index is 13.0. The van der Waals surface area contributed by atoms with Crippen molar-refractivity contribution in [3.05, 3.63) is 94.2 Å². The van der Waals surface area contributed by atoms with E-state index in [-0.39, 0.29) is 12.1 Å². The number of carbonyl (C=O) groups excluding carboxylic acids is 1. The normalized spacial score (nSPS) is 15.1. The highest BCUT2D eigenvalue weighted by molar-refractivity contribution is 7.07. The summed E-state index contributed by atoms with van der Waals surface area (Å²) in [7, 11) is 0. The third-order valence-electron chi connectivity index (χ3n) is 5.33. The number of benzene rings is 2. The molecule has 0 radical (unpaired) electrons. The van der Waals surface area contributed by atoms with Crippen LogP contribution in [0.25, 0.3) is 0 Å². The topological polar surface area (TPSA) is 32.3 Å². The summed E-state index contributed by atoms with van der Waals surface area (Å²) in [5.41, 5.74) is 3.63. The molecule has 0 unspecified atom stereocenters. The van der Waals surface area contributed by atoms with E-state index < -0.39 is 0 Å². The molecule has 2 aromatic carbocycles. The lowest BCUT2D eigenvalue weighted by Crippen LogP contribution is -2.45. The summed E-state index contributed by atoms with van der Waals surface area (Å²) in [4.78, 5) is 14.9. The van der Waals surface area contributed by atoms with Gasteiger partial charge in [-0.05, 0) is 52.3 Å². The van der Waals surface area contributed by atoms with Gasteiger partial charge in [0, 0.05) is 13.1 Å². The quantitative estimate of drug-likeness (QED) is 0.647. The van der Waals surface area contributed by atoms with Crippen LogP contribution in [-0.2, 0) is 0 Å². The molecule has 1 aliphatic heterocycles. The van der Waals surface area contributed by atoms with Crippen LogP contribution in [0, 0.1) is 0 Å². The molecular weight excluding hydrogens is 352 g/mol. The second-order valence-electron chi connectivity index (χ2n) is 7.02. The van der Waals surface area contributed by atoms with Gasteiger partial charge in [0.15, 0.2) is 0 Å². The number of nitrogens with zero attached hydrogens (tertiary/aromatic N) is 1. The molecule has 3 nitrogen and oxygen atoms in total.